The van der Waals surface area contributed by atoms with Crippen LogP contribution >= 0.6 is 0 Å². The maximum Gasteiger partial charge on any atom is 0.185 e. The molecular formula is C21H19FO3. The smallest absolute Gasteiger partial charge is 0.185 e. The number of rotatable bonds is 4. The lowest BCUT2D eigenvalue weighted by atomic mass is 10.1. The number of methoxy groups -OCH3 is 2. The van der Waals surface area contributed by atoms with Crippen LogP contribution in [0.1, 0.15) is 24.0 Å². The second kappa shape index (κ2) is 7.34. The molecule has 1 fully saturated rings. The van der Waals surface area contributed by atoms with Gasteiger partial charge < -0.3 is 9.47 Å². The molecule has 0 spiro atoms. The molecule has 0 unspecified atom stereocenters. The van der Waals surface area contributed by atoms with Gasteiger partial charge in [-0.3, -0.25) is 4.79 Å². The molecule has 0 atom stereocenters. The molecule has 2 aromatic rings. The lowest BCUT2D eigenvalue weighted by molar-refractivity contribution is -0.111. The van der Waals surface area contributed by atoms with Gasteiger partial charge in [0.15, 0.2) is 5.78 Å². The fourth-order valence-corrected chi connectivity index (χ4v) is 2.85. The average Bonchev–Trinajstić information content (AvgIpc) is 2.96. The third-order valence-corrected chi connectivity index (χ3v) is 4.17. The maximum absolute atomic E-state index is 13.0. The van der Waals surface area contributed by atoms with Crippen molar-refractivity contribution in [3.63, 3.8) is 0 Å². The molecule has 0 aliphatic heterocycles. The number of ether oxygens (including phenoxy) is 2. The van der Waals surface area contributed by atoms with Crippen LogP contribution in [0.25, 0.3) is 12.2 Å². The van der Waals surface area contributed by atoms with Gasteiger partial charge in [-0.15, -0.1) is 0 Å². The monoisotopic (exact) mass is 338 g/mol. The molecule has 0 saturated heterocycles. The van der Waals surface area contributed by atoms with Gasteiger partial charge in [0.25, 0.3) is 0 Å². The third kappa shape index (κ3) is 3.97. The number of allylic oxidation sites excluding steroid dienone is 2. The van der Waals surface area contributed by atoms with Crippen LogP contribution in [-0.2, 0) is 4.79 Å². The Bertz CT molecular complexity index is 826. The van der Waals surface area contributed by atoms with Crippen molar-refractivity contribution in [3.8, 4) is 11.5 Å². The van der Waals surface area contributed by atoms with Crippen LogP contribution in [0.3, 0.4) is 0 Å². The van der Waals surface area contributed by atoms with Gasteiger partial charge in [0, 0.05) is 17.2 Å². The van der Waals surface area contributed by atoms with E-state index < -0.39 is 0 Å². The molecule has 1 saturated carbocycles. The Kier molecular flexibility index (Phi) is 4.98. The van der Waals surface area contributed by atoms with Gasteiger partial charge in [0.1, 0.15) is 17.3 Å². The van der Waals surface area contributed by atoms with Crippen LogP contribution in [0, 0.1) is 5.82 Å². The summed E-state index contributed by atoms with van der Waals surface area (Å²) in [6.07, 6.45) is 5.07. The number of benzene rings is 2. The summed E-state index contributed by atoms with van der Waals surface area (Å²) in [4.78, 5) is 12.6. The molecule has 3 nitrogen and oxygen atoms in total. The SMILES string of the molecule is COc1cc(C=C2CCC(=Cc3ccc(F)cc3)C2=O)cc(OC)c1. The van der Waals surface area contributed by atoms with Crippen LogP contribution in [-0.4, -0.2) is 20.0 Å². The van der Waals surface area contributed by atoms with E-state index in [0.717, 1.165) is 22.3 Å². The van der Waals surface area contributed by atoms with Crippen molar-refractivity contribution in [3.05, 3.63) is 70.6 Å². The number of carbonyl (C=O) groups excluding carboxylic acids is 1. The summed E-state index contributed by atoms with van der Waals surface area (Å²) in [5.41, 5.74) is 3.19. The molecular weight excluding hydrogens is 319 g/mol. The van der Waals surface area contributed by atoms with E-state index in [1.54, 1.807) is 32.4 Å². The van der Waals surface area contributed by atoms with E-state index in [9.17, 15) is 9.18 Å². The van der Waals surface area contributed by atoms with Crippen LogP contribution in [0.15, 0.2) is 53.6 Å². The first-order chi connectivity index (χ1) is 12.1. The number of hydrogen-bond acceptors (Lipinski definition) is 3. The van der Waals surface area contributed by atoms with E-state index in [1.807, 2.05) is 24.3 Å². The number of Topliss-reactive ketones (excluding diaryl/α,β-unsaturated/α-hetero) is 1. The van der Waals surface area contributed by atoms with Gasteiger partial charge in [-0.1, -0.05) is 12.1 Å². The Labute approximate surface area is 146 Å². The van der Waals surface area contributed by atoms with E-state index >= 15 is 0 Å². The van der Waals surface area contributed by atoms with Crippen molar-refractivity contribution in [2.24, 2.45) is 0 Å². The molecule has 0 N–H and O–H groups in total. The van der Waals surface area contributed by atoms with Crippen molar-refractivity contribution in [1.82, 2.24) is 0 Å². The standard InChI is InChI=1S/C21H19FO3/c1-24-19-11-15(12-20(13-19)25-2)10-17-6-5-16(21(17)23)9-14-3-7-18(22)8-4-14/h3-4,7-13H,5-6H2,1-2H3. The first-order valence-electron chi connectivity index (χ1n) is 8.03. The fourth-order valence-electron chi connectivity index (χ4n) is 2.85. The summed E-state index contributed by atoms with van der Waals surface area (Å²) in [5, 5.41) is 0. The van der Waals surface area contributed by atoms with E-state index in [4.69, 9.17) is 9.47 Å². The van der Waals surface area contributed by atoms with Gasteiger partial charge in [-0.2, -0.15) is 0 Å². The second-order valence-electron chi connectivity index (χ2n) is 5.87. The molecule has 0 amide bonds. The van der Waals surface area contributed by atoms with Crippen LogP contribution in [0.2, 0.25) is 0 Å². The zero-order valence-electron chi connectivity index (χ0n) is 14.2. The van der Waals surface area contributed by atoms with Crippen molar-refractivity contribution in [2.75, 3.05) is 14.2 Å². The van der Waals surface area contributed by atoms with Gasteiger partial charge in [-0.25, -0.2) is 4.39 Å². The number of halogens is 1. The van der Waals surface area contributed by atoms with Gasteiger partial charge in [0.2, 0.25) is 0 Å². The van der Waals surface area contributed by atoms with E-state index in [-0.39, 0.29) is 11.6 Å². The van der Waals surface area contributed by atoms with Crippen molar-refractivity contribution >= 4 is 17.9 Å². The molecule has 1 aliphatic carbocycles. The molecule has 1 aliphatic rings. The highest BCUT2D eigenvalue weighted by molar-refractivity contribution is 6.15. The Morgan fingerprint density at radius 3 is 1.88 bits per heavy atom. The van der Waals surface area contributed by atoms with E-state index in [2.05, 4.69) is 0 Å². The molecule has 25 heavy (non-hydrogen) atoms. The number of hydrogen-bond donors (Lipinski definition) is 0. The Hall–Kier alpha value is -2.88. The third-order valence-electron chi connectivity index (χ3n) is 4.17. The highest BCUT2D eigenvalue weighted by atomic mass is 19.1. The zero-order valence-corrected chi connectivity index (χ0v) is 14.2. The Balaban J connectivity index is 1.86. The first-order valence-corrected chi connectivity index (χ1v) is 8.03. The lowest BCUT2D eigenvalue weighted by Crippen LogP contribution is -1.96. The largest absolute Gasteiger partial charge is 0.497 e. The molecule has 0 radical (unpaired) electrons. The van der Waals surface area contributed by atoms with E-state index in [0.29, 0.717) is 24.3 Å². The molecule has 0 heterocycles. The Morgan fingerprint density at radius 2 is 1.36 bits per heavy atom. The lowest BCUT2D eigenvalue weighted by Gasteiger charge is -2.06. The summed E-state index contributed by atoms with van der Waals surface area (Å²) in [6, 6.07) is 11.7. The molecule has 3 rings (SSSR count). The summed E-state index contributed by atoms with van der Waals surface area (Å²) >= 11 is 0. The Morgan fingerprint density at radius 1 is 0.840 bits per heavy atom. The quantitative estimate of drug-likeness (QED) is 0.760. The van der Waals surface area contributed by atoms with Gasteiger partial charge >= 0.3 is 0 Å². The predicted molar refractivity (Wildman–Crippen MR) is 96.1 cm³/mol. The fraction of sp³-hybridized carbons (Fsp3) is 0.190. The van der Waals surface area contributed by atoms with Crippen LogP contribution < -0.4 is 9.47 Å². The second-order valence-corrected chi connectivity index (χ2v) is 5.87. The van der Waals surface area contributed by atoms with Gasteiger partial charge in [0.05, 0.1) is 14.2 Å². The topological polar surface area (TPSA) is 35.5 Å². The summed E-state index contributed by atoms with van der Waals surface area (Å²) in [7, 11) is 3.19. The number of ketones is 1. The van der Waals surface area contributed by atoms with Crippen molar-refractivity contribution in [1.29, 1.82) is 0 Å². The highest BCUT2D eigenvalue weighted by Crippen LogP contribution is 2.31. The zero-order chi connectivity index (χ0) is 17.8. The minimum absolute atomic E-state index is 0.0334. The molecule has 128 valence electrons. The summed E-state index contributed by atoms with van der Waals surface area (Å²) in [6.45, 7) is 0. The molecule has 0 bridgehead atoms. The number of carbonyl (C=O) groups is 1. The molecule has 2 aromatic carbocycles. The van der Waals surface area contributed by atoms with Crippen molar-refractivity contribution in [2.45, 2.75) is 12.8 Å². The minimum atomic E-state index is -0.285. The minimum Gasteiger partial charge on any atom is -0.497 e. The summed E-state index contributed by atoms with van der Waals surface area (Å²) in [5.74, 6) is 1.11. The maximum atomic E-state index is 13.0. The van der Waals surface area contributed by atoms with Gasteiger partial charge in [-0.05, 0) is 60.4 Å². The van der Waals surface area contributed by atoms with Crippen molar-refractivity contribution < 1.29 is 18.7 Å². The van der Waals surface area contributed by atoms with Crippen LogP contribution in [0.5, 0.6) is 11.5 Å². The normalized spacial score (nSPS) is 17.3. The van der Waals surface area contributed by atoms with E-state index in [1.165, 1.54) is 12.1 Å². The average molecular weight is 338 g/mol. The highest BCUT2D eigenvalue weighted by Gasteiger charge is 2.23. The molecule has 4 heteroatoms. The van der Waals surface area contributed by atoms with Crippen LogP contribution in [0.4, 0.5) is 4.39 Å². The molecule has 0 aromatic heterocycles. The predicted octanol–water partition coefficient (Wildman–Crippen LogP) is 4.67. The first kappa shape index (κ1) is 17.0. The summed E-state index contributed by atoms with van der Waals surface area (Å²) < 4.78 is 23.5.